The molecule has 1 spiro atoms. The topological polar surface area (TPSA) is 77.5 Å². The van der Waals surface area contributed by atoms with Crippen LogP contribution in [0.3, 0.4) is 0 Å². The first-order valence-corrected chi connectivity index (χ1v) is 10.7. The predicted molar refractivity (Wildman–Crippen MR) is 112 cm³/mol. The van der Waals surface area contributed by atoms with Gasteiger partial charge in [-0.25, -0.2) is 9.90 Å². The van der Waals surface area contributed by atoms with Crippen molar-refractivity contribution in [2.75, 3.05) is 26.8 Å². The van der Waals surface area contributed by atoms with Crippen molar-refractivity contribution in [3.8, 4) is 0 Å². The fourth-order valence-corrected chi connectivity index (χ4v) is 4.42. The van der Waals surface area contributed by atoms with Gasteiger partial charge in [0, 0.05) is 13.2 Å². The SMILES string of the molecule is CCOCOC1CCC2(CC1)C(O)=C(c1c(C)cccc1C)C(=O)N2OCOCC. The number of hydrogen-bond donors (Lipinski definition) is 1. The highest BCUT2D eigenvalue weighted by Crippen LogP contribution is 2.48. The molecule has 0 unspecified atom stereocenters. The Morgan fingerprint density at radius 2 is 1.67 bits per heavy atom. The summed E-state index contributed by atoms with van der Waals surface area (Å²) in [5.41, 5.74) is 2.09. The van der Waals surface area contributed by atoms with E-state index < -0.39 is 5.54 Å². The highest BCUT2D eigenvalue weighted by molar-refractivity contribution is 6.23. The quantitative estimate of drug-likeness (QED) is 0.481. The van der Waals surface area contributed by atoms with E-state index in [-0.39, 0.29) is 31.4 Å². The Morgan fingerprint density at radius 3 is 2.27 bits per heavy atom. The standard InChI is InChI=1S/C23H33NO6/c1-5-27-14-29-18-10-12-23(13-11-18)21(25)20(19-16(3)8-7-9-17(19)4)22(26)24(23)30-15-28-6-2/h7-9,18,25H,5-6,10-15H2,1-4H3. The minimum absolute atomic E-state index is 0.0306. The summed E-state index contributed by atoms with van der Waals surface area (Å²) in [5, 5.41) is 12.7. The first-order valence-electron chi connectivity index (χ1n) is 10.7. The van der Waals surface area contributed by atoms with Gasteiger partial charge in [0.25, 0.3) is 5.91 Å². The second-order valence-corrected chi connectivity index (χ2v) is 7.84. The number of carbonyl (C=O) groups is 1. The molecule has 1 fully saturated rings. The summed E-state index contributed by atoms with van der Waals surface area (Å²) in [7, 11) is 0. The van der Waals surface area contributed by atoms with Crippen molar-refractivity contribution >= 4 is 11.5 Å². The number of benzene rings is 1. The first kappa shape index (κ1) is 22.7. The molecule has 1 saturated carbocycles. The van der Waals surface area contributed by atoms with E-state index >= 15 is 0 Å². The number of aliphatic hydroxyl groups excluding tert-OH is 1. The van der Waals surface area contributed by atoms with Crippen molar-refractivity contribution in [3.05, 3.63) is 40.6 Å². The lowest BCUT2D eigenvalue weighted by atomic mass is 9.78. The van der Waals surface area contributed by atoms with E-state index in [1.165, 1.54) is 5.06 Å². The van der Waals surface area contributed by atoms with Gasteiger partial charge in [0.1, 0.15) is 18.1 Å². The number of ether oxygens (including phenoxy) is 3. The predicted octanol–water partition coefficient (Wildman–Crippen LogP) is 4.03. The second kappa shape index (κ2) is 9.92. The van der Waals surface area contributed by atoms with Crippen LogP contribution in [0.25, 0.3) is 5.57 Å². The molecule has 1 aromatic carbocycles. The lowest BCUT2D eigenvalue weighted by Crippen LogP contribution is -2.51. The molecule has 1 heterocycles. The molecule has 1 amide bonds. The molecule has 166 valence electrons. The molecule has 0 radical (unpaired) electrons. The van der Waals surface area contributed by atoms with Gasteiger partial charge in [-0.05, 0) is 70.1 Å². The third-order valence-corrected chi connectivity index (χ3v) is 6.02. The van der Waals surface area contributed by atoms with E-state index in [2.05, 4.69) is 0 Å². The van der Waals surface area contributed by atoms with Gasteiger partial charge in [-0.3, -0.25) is 4.79 Å². The van der Waals surface area contributed by atoms with E-state index in [1.807, 2.05) is 45.9 Å². The van der Waals surface area contributed by atoms with E-state index in [1.54, 1.807) is 0 Å². The molecule has 2 aliphatic rings. The van der Waals surface area contributed by atoms with Gasteiger partial charge in [0.15, 0.2) is 6.79 Å². The van der Waals surface area contributed by atoms with Crippen LogP contribution in [0, 0.1) is 13.8 Å². The van der Waals surface area contributed by atoms with Gasteiger partial charge in [0.05, 0.1) is 11.7 Å². The van der Waals surface area contributed by atoms with Gasteiger partial charge in [-0.2, -0.15) is 0 Å². The molecule has 7 nitrogen and oxygen atoms in total. The first-order chi connectivity index (χ1) is 14.5. The van der Waals surface area contributed by atoms with Crippen molar-refractivity contribution in [3.63, 3.8) is 0 Å². The van der Waals surface area contributed by atoms with Crippen molar-refractivity contribution in [1.29, 1.82) is 0 Å². The number of carbonyl (C=O) groups excluding carboxylic acids is 1. The molecule has 1 aliphatic carbocycles. The summed E-state index contributed by atoms with van der Waals surface area (Å²) >= 11 is 0. The maximum absolute atomic E-state index is 13.5. The molecule has 0 atom stereocenters. The molecule has 30 heavy (non-hydrogen) atoms. The number of rotatable bonds is 9. The summed E-state index contributed by atoms with van der Waals surface area (Å²) in [5.74, 6) is -0.233. The largest absolute Gasteiger partial charge is 0.509 e. The number of hydrogen-bond acceptors (Lipinski definition) is 6. The number of amides is 1. The summed E-state index contributed by atoms with van der Waals surface area (Å²) in [6, 6.07) is 5.85. The number of nitrogens with zero attached hydrogens (tertiary/aromatic N) is 1. The van der Waals surface area contributed by atoms with Gasteiger partial charge in [-0.1, -0.05) is 18.2 Å². The molecular weight excluding hydrogens is 386 g/mol. The Hall–Kier alpha value is -1.93. The fourth-order valence-electron chi connectivity index (χ4n) is 4.42. The third-order valence-electron chi connectivity index (χ3n) is 6.02. The summed E-state index contributed by atoms with van der Waals surface area (Å²) in [6.07, 6.45) is 2.50. The van der Waals surface area contributed by atoms with Crippen molar-refractivity contribution in [2.45, 2.75) is 65.0 Å². The summed E-state index contributed by atoms with van der Waals surface area (Å²) in [6.45, 7) is 8.99. The van der Waals surface area contributed by atoms with Crippen LogP contribution in [0.2, 0.25) is 0 Å². The van der Waals surface area contributed by atoms with Crippen LogP contribution in [-0.2, 0) is 23.8 Å². The Bertz CT molecular complexity index is 762. The molecule has 1 N–H and O–H groups in total. The molecule has 1 aliphatic heterocycles. The lowest BCUT2D eigenvalue weighted by Gasteiger charge is -2.42. The van der Waals surface area contributed by atoms with Crippen molar-refractivity contribution in [2.24, 2.45) is 0 Å². The van der Waals surface area contributed by atoms with Crippen LogP contribution >= 0.6 is 0 Å². The molecule has 0 bridgehead atoms. The smallest absolute Gasteiger partial charge is 0.282 e. The third kappa shape index (κ3) is 4.25. The zero-order valence-corrected chi connectivity index (χ0v) is 18.4. The monoisotopic (exact) mass is 419 g/mol. The average molecular weight is 420 g/mol. The normalized spacial score (nSPS) is 24.3. The molecule has 0 saturated heterocycles. The minimum atomic E-state index is -0.899. The molecule has 1 aromatic rings. The summed E-state index contributed by atoms with van der Waals surface area (Å²) in [4.78, 5) is 19.2. The van der Waals surface area contributed by atoms with Gasteiger partial charge in [-0.15, -0.1) is 0 Å². The van der Waals surface area contributed by atoms with Crippen LogP contribution in [0.5, 0.6) is 0 Å². The van der Waals surface area contributed by atoms with Crippen LogP contribution in [0.1, 0.15) is 56.2 Å². The van der Waals surface area contributed by atoms with E-state index in [0.29, 0.717) is 44.5 Å². The van der Waals surface area contributed by atoms with Crippen molar-refractivity contribution < 1.29 is 28.9 Å². The van der Waals surface area contributed by atoms with E-state index in [9.17, 15) is 9.90 Å². The zero-order chi connectivity index (χ0) is 21.7. The molecule has 7 heteroatoms. The number of aliphatic hydroxyl groups is 1. The van der Waals surface area contributed by atoms with E-state index in [4.69, 9.17) is 19.0 Å². The minimum Gasteiger partial charge on any atom is -0.509 e. The average Bonchev–Trinajstić information content (AvgIpc) is 2.92. The highest BCUT2D eigenvalue weighted by Gasteiger charge is 2.55. The lowest BCUT2D eigenvalue weighted by molar-refractivity contribution is -0.255. The zero-order valence-electron chi connectivity index (χ0n) is 18.4. The van der Waals surface area contributed by atoms with Crippen LogP contribution in [0.15, 0.2) is 24.0 Å². The second-order valence-electron chi connectivity index (χ2n) is 7.84. The van der Waals surface area contributed by atoms with Crippen LogP contribution in [0.4, 0.5) is 0 Å². The molecule has 0 aromatic heterocycles. The van der Waals surface area contributed by atoms with Crippen LogP contribution < -0.4 is 0 Å². The maximum Gasteiger partial charge on any atom is 0.282 e. The Kier molecular flexibility index (Phi) is 7.52. The maximum atomic E-state index is 13.5. The number of hydroxylamine groups is 2. The Balaban J connectivity index is 1.91. The van der Waals surface area contributed by atoms with Gasteiger partial charge >= 0.3 is 0 Å². The van der Waals surface area contributed by atoms with Gasteiger partial charge < -0.3 is 19.3 Å². The number of aryl methyl sites for hydroxylation is 2. The van der Waals surface area contributed by atoms with Crippen LogP contribution in [-0.4, -0.2) is 54.5 Å². The molecular formula is C23H33NO6. The highest BCUT2D eigenvalue weighted by atomic mass is 16.8. The molecule has 3 rings (SSSR count). The Labute approximate surface area is 178 Å². The van der Waals surface area contributed by atoms with Crippen molar-refractivity contribution in [1.82, 2.24) is 5.06 Å². The Morgan fingerprint density at radius 1 is 1.07 bits per heavy atom. The summed E-state index contributed by atoms with van der Waals surface area (Å²) < 4.78 is 16.4. The van der Waals surface area contributed by atoms with Gasteiger partial charge in [0.2, 0.25) is 0 Å². The van der Waals surface area contributed by atoms with E-state index in [0.717, 1.165) is 16.7 Å². The fraction of sp³-hybridized carbons (Fsp3) is 0.609.